The molecule has 14 heteroatoms. The highest BCUT2D eigenvalue weighted by molar-refractivity contribution is 5.94. The second-order valence-electron chi connectivity index (χ2n) is 6.25. The number of aliphatic carboxylic acids is 1. The van der Waals surface area contributed by atoms with Gasteiger partial charge in [0.15, 0.2) is 0 Å². The first kappa shape index (κ1) is 24.5. The fourth-order valence-corrected chi connectivity index (χ4v) is 2.36. The second-order valence-corrected chi connectivity index (χ2v) is 6.25. The maximum atomic E-state index is 12.6. The van der Waals surface area contributed by atoms with Gasteiger partial charge >= 0.3 is 5.97 Å². The summed E-state index contributed by atoms with van der Waals surface area (Å²) in [5, 5.41) is 24.9. The predicted molar refractivity (Wildman–Crippen MR) is 100 cm³/mol. The zero-order valence-electron chi connectivity index (χ0n) is 16.0. The molecule has 0 aliphatic heterocycles. The third-order valence-electron chi connectivity index (χ3n) is 3.93. The number of hydrogen-bond donors (Lipinski definition) is 8. The fraction of sp³-hybridized carbons (Fsp3) is 0.500. The van der Waals surface area contributed by atoms with E-state index in [4.69, 9.17) is 21.7 Å². The molecule has 1 aromatic rings. The van der Waals surface area contributed by atoms with Crippen LogP contribution >= 0.6 is 0 Å². The lowest BCUT2D eigenvalue weighted by Gasteiger charge is -2.23. The van der Waals surface area contributed by atoms with E-state index in [1.54, 1.807) is 0 Å². The summed E-state index contributed by atoms with van der Waals surface area (Å²) in [5.74, 6) is -4.53. The number of carbonyl (C=O) groups is 5. The minimum atomic E-state index is -1.58. The molecule has 0 radical (unpaired) electrons. The number of carboxylic acids is 1. The number of nitrogens with two attached hydrogens (primary N) is 2. The van der Waals surface area contributed by atoms with E-state index >= 15 is 0 Å². The van der Waals surface area contributed by atoms with Crippen LogP contribution in [0.2, 0.25) is 0 Å². The molecule has 0 aromatic carbocycles. The van der Waals surface area contributed by atoms with Crippen LogP contribution in [0.15, 0.2) is 12.5 Å². The van der Waals surface area contributed by atoms with Crippen LogP contribution in [0.25, 0.3) is 0 Å². The summed E-state index contributed by atoms with van der Waals surface area (Å²) in [6, 6.07) is -4.07. The van der Waals surface area contributed by atoms with Crippen LogP contribution in [0.4, 0.5) is 0 Å². The van der Waals surface area contributed by atoms with Crippen molar-refractivity contribution in [3.05, 3.63) is 18.2 Å². The first-order valence-corrected chi connectivity index (χ1v) is 8.87. The number of nitrogens with one attached hydrogen (secondary N) is 4. The van der Waals surface area contributed by atoms with Crippen LogP contribution in [0.3, 0.4) is 0 Å². The van der Waals surface area contributed by atoms with Gasteiger partial charge < -0.3 is 42.6 Å². The van der Waals surface area contributed by atoms with Gasteiger partial charge in [0.2, 0.25) is 23.6 Å². The van der Waals surface area contributed by atoms with Crippen molar-refractivity contribution < 1.29 is 34.2 Å². The van der Waals surface area contributed by atoms with Crippen molar-refractivity contribution in [1.82, 2.24) is 25.9 Å². The van der Waals surface area contributed by atoms with Gasteiger partial charge in [0.1, 0.15) is 18.1 Å². The molecule has 4 amide bonds. The van der Waals surface area contributed by atoms with Crippen LogP contribution in [0.1, 0.15) is 18.5 Å². The van der Waals surface area contributed by atoms with Crippen LogP contribution in [-0.2, 0) is 30.4 Å². The number of aliphatic hydroxyl groups excluding tert-OH is 1. The van der Waals surface area contributed by atoms with Crippen molar-refractivity contribution >= 4 is 29.6 Å². The molecule has 3 unspecified atom stereocenters. The third-order valence-corrected chi connectivity index (χ3v) is 3.93. The molecule has 0 fully saturated rings. The quantitative estimate of drug-likeness (QED) is 0.151. The van der Waals surface area contributed by atoms with Gasteiger partial charge in [0, 0.05) is 24.7 Å². The van der Waals surface area contributed by atoms with E-state index in [0.717, 1.165) is 0 Å². The molecule has 1 rings (SSSR count). The van der Waals surface area contributed by atoms with E-state index in [9.17, 15) is 24.0 Å². The summed E-state index contributed by atoms with van der Waals surface area (Å²) < 4.78 is 0. The molecule has 166 valence electrons. The molecule has 1 heterocycles. The molecule has 0 spiro atoms. The molecule has 30 heavy (non-hydrogen) atoms. The van der Waals surface area contributed by atoms with E-state index in [-0.39, 0.29) is 19.3 Å². The van der Waals surface area contributed by atoms with Crippen molar-refractivity contribution in [2.75, 3.05) is 13.2 Å². The lowest BCUT2D eigenvalue weighted by molar-refractivity contribution is -0.143. The van der Waals surface area contributed by atoms with Gasteiger partial charge in [0.25, 0.3) is 0 Å². The third kappa shape index (κ3) is 8.24. The van der Waals surface area contributed by atoms with Crippen LogP contribution in [-0.4, -0.2) is 81.1 Å². The highest BCUT2D eigenvalue weighted by atomic mass is 16.4. The van der Waals surface area contributed by atoms with E-state index < -0.39 is 60.9 Å². The van der Waals surface area contributed by atoms with Crippen molar-refractivity contribution in [2.24, 2.45) is 11.5 Å². The largest absolute Gasteiger partial charge is 0.480 e. The number of nitrogens with zero attached hydrogens (tertiary/aromatic N) is 1. The van der Waals surface area contributed by atoms with Crippen LogP contribution < -0.4 is 27.4 Å². The molecule has 0 saturated heterocycles. The number of amides is 4. The van der Waals surface area contributed by atoms with Crippen molar-refractivity contribution in [3.8, 4) is 0 Å². The Kier molecular flexibility index (Phi) is 9.91. The Hall–Kier alpha value is -3.52. The Morgan fingerprint density at radius 3 is 2.20 bits per heavy atom. The fourth-order valence-electron chi connectivity index (χ4n) is 2.36. The SMILES string of the molecule is NCC(=O)NC(CCC(N)=O)C(=O)NC(Cc1cnc[nH]1)C(=O)NC(CO)C(=O)O. The Bertz CT molecular complexity index is 753. The Morgan fingerprint density at radius 1 is 1.07 bits per heavy atom. The molecule has 0 aliphatic rings. The van der Waals surface area contributed by atoms with Crippen molar-refractivity contribution in [3.63, 3.8) is 0 Å². The monoisotopic (exact) mass is 427 g/mol. The average Bonchev–Trinajstić information content (AvgIpc) is 3.20. The van der Waals surface area contributed by atoms with E-state index in [2.05, 4.69) is 25.9 Å². The molecular formula is C16H25N7O7. The molecule has 3 atom stereocenters. The number of aromatic amines is 1. The summed E-state index contributed by atoms with van der Waals surface area (Å²) in [7, 11) is 0. The summed E-state index contributed by atoms with van der Waals surface area (Å²) >= 11 is 0. The minimum Gasteiger partial charge on any atom is -0.480 e. The first-order chi connectivity index (χ1) is 14.2. The van der Waals surface area contributed by atoms with Gasteiger partial charge in [-0.25, -0.2) is 9.78 Å². The lowest BCUT2D eigenvalue weighted by Crippen LogP contribution is -2.57. The number of carbonyl (C=O) groups excluding carboxylic acids is 4. The first-order valence-electron chi connectivity index (χ1n) is 8.87. The van der Waals surface area contributed by atoms with E-state index in [1.165, 1.54) is 12.5 Å². The zero-order valence-corrected chi connectivity index (χ0v) is 16.0. The summed E-state index contributed by atoms with van der Waals surface area (Å²) in [6.07, 6.45) is 2.29. The van der Waals surface area contributed by atoms with Gasteiger partial charge in [-0.05, 0) is 6.42 Å². The number of H-pyrrole nitrogens is 1. The molecule has 10 N–H and O–H groups in total. The summed E-state index contributed by atoms with van der Waals surface area (Å²) in [4.78, 5) is 65.4. The molecule has 0 aliphatic carbocycles. The number of primary amides is 1. The lowest BCUT2D eigenvalue weighted by atomic mass is 10.1. The van der Waals surface area contributed by atoms with Gasteiger partial charge in [-0.3, -0.25) is 19.2 Å². The maximum Gasteiger partial charge on any atom is 0.328 e. The zero-order chi connectivity index (χ0) is 22.7. The van der Waals surface area contributed by atoms with Crippen molar-refractivity contribution in [2.45, 2.75) is 37.4 Å². The highest BCUT2D eigenvalue weighted by Crippen LogP contribution is 2.03. The molecular weight excluding hydrogens is 402 g/mol. The molecule has 0 saturated carbocycles. The molecule has 0 bridgehead atoms. The normalized spacial score (nSPS) is 13.5. The van der Waals surface area contributed by atoms with Gasteiger partial charge in [-0.1, -0.05) is 0 Å². The van der Waals surface area contributed by atoms with Gasteiger partial charge in [0.05, 0.1) is 19.5 Å². The number of hydrogen-bond acceptors (Lipinski definition) is 8. The smallest absolute Gasteiger partial charge is 0.328 e. The Morgan fingerprint density at radius 2 is 1.70 bits per heavy atom. The highest BCUT2D eigenvalue weighted by Gasteiger charge is 2.29. The molecule has 1 aromatic heterocycles. The Labute approximate surface area is 170 Å². The van der Waals surface area contributed by atoms with Crippen LogP contribution in [0.5, 0.6) is 0 Å². The summed E-state index contributed by atoms with van der Waals surface area (Å²) in [6.45, 7) is -1.27. The standard InChI is InChI=1S/C16H25N7O7/c17-4-13(26)21-9(1-2-12(18)25)14(27)22-10(3-8-5-19-7-20-8)15(28)23-11(6-24)16(29)30/h5,7,9-11,24H,1-4,6,17H2,(H2,18,25)(H,19,20)(H,21,26)(H,22,27)(H,23,28)(H,29,30). The summed E-state index contributed by atoms with van der Waals surface area (Å²) in [5.41, 5.74) is 10.8. The number of aliphatic hydroxyl groups is 1. The number of imidazole rings is 1. The van der Waals surface area contributed by atoms with E-state index in [1.807, 2.05) is 0 Å². The predicted octanol–water partition coefficient (Wildman–Crippen LogP) is -4.29. The van der Waals surface area contributed by atoms with Crippen molar-refractivity contribution in [1.29, 1.82) is 0 Å². The average molecular weight is 427 g/mol. The van der Waals surface area contributed by atoms with Gasteiger partial charge in [-0.2, -0.15) is 0 Å². The Balaban J connectivity index is 2.98. The second kappa shape index (κ2) is 12.1. The maximum absolute atomic E-state index is 12.6. The van der Waals surface area contributed by atoms with Gasteiger partial charge in [-0.15, -0.1) is 0 Å². The van der Waals surface area contributed by atoms with Crippen LogP contribution in [0, 0.1) is 0 Å². The minimum absolute atomic E-state index is 0.0945. The number of carboxylic acid groups (broad SMARTS) is 1. The molecule has 14 nitrogen and oxygen atoms in total. The number of aromatic nitrogens is 2. The van der Waals surface area contributed by atoms with E-state index in [0.29, 0.717) is 5.69 Å². The topological polar surface area (TPSA) is 243 Å². The number of rotatable bonds is 13.